The van der Waals surface area contributed by atoms with Crippen LogP contribution in [0, 0.1) is 11.6 Å². The van der Waals surface area contributed by atoms with Gasteiger partial charge in [0.15, 0.2) is 11.6 Å². The number of hydrogen-bond donors (Lipinski definition) is 3. The molecule has 0 amide bonds. The Kier molecular flexibility index (Phi) is 6.27. The van der Waals surface area contributed by atoms with E-state index in [9.17, 15) is 18.7 Å². The third-order valence-electron chi connectivity index (χ3n) is 2.86. The van der Waals surface area contributed by atoms with Gasteiger partial charge in [-0.15, -0.1) is 6.58 Å². The maximum atomic E-state index is 13.2. The van der Waals surface area contributed by atoms with Crippen molar-refractivity contribution in [3.8, 4) is 0 Å². The van der Waals surface area contributed by atoms with Gasteiger partial charge in [-0.25, -0.2) is 8.78 Å². The predicted molar refractivity (Wildman–Crippen MR) is 70.2 cm³/mol. The normalized spacial score (nSPS) is 13.8. The van der Waals surface area contributed by atoms with Crippen molar-refractivity contribution in [2.45, 2.75) is 25.0 Å². The second-order valence-electron chi connectivity index (χ2n) is 4.35. The molecule has 0 radical (unpaired) electrons. The van der Waals surface area contributed by atoms with E-state index in [0.29, 0.717) is 6.54 Å². The number of rotatable bonds is 8. The van der Waals surface area contributed by atoms with Crippen molar-refractivity contribution in [2.75, 3.05) is 6.54 Å². The zero-order valence-electron chi connectivity index (χ0n) is 10.9. The molecular weight excluding hydrogens is 268 g/mol. The monoisotopic (exact) mass is 285 g/mol. The Bertz CT molecular complexity index is 479. The number of aliphatic hydroxyl groups excluding tert-OH is 1. The van der Waals surface area contributed by atoms with Crippen molar-refractivity contribution in [1.82, 2.24) is 5.32 Å². The third-order valence-corrected chi connectivity index (χ3v) is 2.86. The number of carbonyl (C=O) groups is 1. The number of nitrogens with one attached hydrogen (secondary N) is 1. The minimum Gasteiger partial charge on any atom is -0.481 e. The summed E-state index contributed by atoms with van der Waals surface area (Å²) in [5.74, 6) is -3.04. The topological polar surface area (TPSA) is 69.6 Å². The van der Waals surface area contributed by atoms with Gasteiger partial charge >= 0.3 is 5.97 Å². The van der Waals surface area contributed by atoms with E-state index in [2.05, 4.69) is 11.9 Å². The van der Waals surface area contributed by atoms with E-state index in [4.69, 9.17) is 5.11 Å². The number of carboxylic acids is 1. The molecule has 3 N–H and O–H groups in total. The van der Waals surface area contributed by atoms with Crippen LogP contribution >= 0.6 is 0 Å². The SMILES string of the molecule is C=CCNC(CCC(=O)O)C(O)c1ccc(F)c(F)c1. The third kappa shape index (κ3) is 4.71. The molecule has 0 saturated heterocycles. The van der Waals surface area contributed by atoms with E-state index in [-0.39, 0.29) is 18.4 Å². The highest BCUT2D eigenvalue weighted by atomic mass is 19.2. The van der Waals surface area contributed by atoms with E-state index < -0.39 is 29.7 Å². The zero-order chi connectivity index (χ0) is 15.1. The Morgan fingerprint density at radius 2 is 2.10 bits per heavy atom. The molecule has 0 spiro atoms. The first kappa shape index (κ1) is 16.3. The van der Waals surface area contributed by atoms with Crippen LogP contribution in [0.5, 0.6) is 0 Å². The smallest absolute Gasteiger partial charge is 0.303 e. The molecule has 0 saturated carbocycles. The Balaban J connectivity index is 2.83. The van der Waals surface area contributed by atoms with Gasteiger partial charge in [-0.05, 0) is 24.1 Å². The van der Waals surface area contributed by atoms with Crippen molar-refractivity contribution in [2.24, 2.45) is 0 Å². The number of benzene rings is 1. The van der Waals surface area contributed by atoms with Gasteiger partial charge in [0.25, 0.3) is 0 Å². The average molecular weight is 285 g/mol. The quantitative estimate of drug-likeness (QED) is 0.639. The molecular formula is C14H17F2NO3. The fraction of sp³-hybridized carbons (Fsp3) is 0.357. The fourth-order valence-corrected chi connectivity index (χ4v) is 1.81. The fourth-order valence-electron chi connectivity index (χ4n) is 1.81. The molecule has 1 aromatic rings. The first-order valence-corrected chi connectivity index (χ1v) is 6.14. The first-order chi connectivity index (χ1) is 9.45. The van der Waals surface area contributed by atoms with Crippen molar-refractivity contribution in [3.63, 3.8) is 0 Å². The summed E-state index contributed by atoms with van der Waals surface area (Å²) in [6, 6.07) is 2.51. The van der Waals surface area contributed by atoms with Crippen molar-refractivity contribution in [3.05, 3.63) is 48.1 Å². The zero-order valence-corrected chi connectivity index (χ0v) is 10.9. The van der Waals surface area contributed by atoms with Crippen LogP contribution in [0.3, 0.4) is 0 Å². The van der Waals surface area contributed by atoms with Crippen molar-refractivity contribution in [1.29, 1.82) is 0 Å². The van der Waals surface area contributed by atoms with E-state index in [1.54, 1.807) is 6.08 Å². The summed E-state index contributed by atoms with van der Waals surface area (Å²) in [5.41, 5.74) is 0.191. The van der Waals surface area contributed by atoms with Crippen LogP contribution < -0.4 is 5.32 Å². The molecule has 1 aromatic carbocycles. The van der Waals surface area contributed by atoms with E-state index >= 15 is 0 Å². The average Bonchev–Trinajstić information content (AvgIpc) is 2.41. The molecule has 0 aromatic heterocycles. The number of halogens is 2. The molecule has 0 aliphatic rings. The lowest BCUT2D eigenvalue weighted by Gasteiger charge is -2.23. The van der Waals surface area contributed by atoms with Gasteiger partial charge in [0.2, 0.25) is 0 Å². The minimum absolute atomic E-state index is 0.143. The molecule has 2 atom stereocenters. The molecule has 0 aliphatic heterocycles. The van der Waals surface area contributed by atoms with Gasteiger partial charge in [0.05, 0.1) is 6.10 Å². The highest BCUT2D eigenvalue weighted by Gasteiger charge is 2.22. The first-order valence-electron chi connectivity index (χ1n) is 6.14. The van der Waals surface area contributed by atoms with Crippen LogP contribution in [0.25, 0.3) is 0 Å². The standard InChI is InChI=1S/C14H17F2NO3/c1-2-7-17-12(5-6-13(18)19)14(20)9-3-4-10(15)11(16)8-9/h2-4,8,12,14,17,20H,1,5-7H2,(H,18,19). The maximum Gasteiger partial charge on any atom is 0.303 e. The summed E-state index contributed by atoms with van der Waals surface area (Å²) in [4.78, 5) is 10.6. The van der Waals surface area contributed by atoms with Gasteiger partial charge in [0.1, 0.15) is 0 Å². The van der Waals surface area contributed by atoms with Crippen LogP contribution in [-0.2, 0) is 4.79 Å². The van der Waals surface area contributed by atoms with Crippen LogP contribution in [-0.4, -0.2) is 28.8 Å². The van der Waals surface area contributed by atoms with Crippen LogP contribution in [0.1, 0.15) is 24.5 Å². The summed E-state index contributed by atoms with van der Waals surface area (Å²) in [6.45, 7) is 3.88. The maximum absolute atomic E-state index is 13.2. The largest absolute Gasteiger partial charge is 0.481 e. The van der Waals surface area contributed by atoms with Crippen molar-refractivity contribution < 1.29 is 23.8 Å². The van der Waals surface area contributed by atoms with Gasteiger partial charge in [-0.3, -0.25) is 4.79 Å². The Morgan fingerprint density at radius 3 is 2.65 bits per heavy atom. The number of carboxylic acid groups (broad SMARTS) is 1. The lowest BCUT2D eigenvalue weighted by atomic mass is 9.98. The number of aliphatic hydroxyl groups is 1. The van der Waals surface area contributed by atoms with Crippen LogP contribution in [0.4, 0.5) is 8.78 Å². The summed E-state index contributed by atoms with van der Waals surface area (Å²) >= 11 is 0. The Labute approximate surface area is 115 Å². The molecule has 0 fully saturated rings. The van der Waals surface area contributed by atoms with E-state index in [1.807, 2.05) is 0 Å². The summed E-state index contributed by atoms with van der Waals surface area (Å²) in [6.07, 6.45) is 0.439. The van der Waals surface area contributed by atoms with Crippen LogP contribution in [0.15, 0.2) is 30.9 Å². The summed E-state index contributed by atoms with van der Waals surface area (Å²) < 4.78 is 26.0. The molecule has 0 aliphatic carbocycles. The second kappa shape index (κ2) is 7.72. The molecule has 110 valence electrons. The highest BCUT2D eigenvalue weighted by Crippen LogP contribution is 2.22. The summed E-state index contributed by atoms with van der Waals surface area (Å²) in [5, 5.41) is 21.7. The molecule has 6 heteroatoms. The van der Waals surface area contributed by atoms with Gasteiger partial charge < -0.3 is 15.5 Å². The summed E-state index contributed by atoms with van der Waals surface area (Å²) in [7, 11) is 0. The molecule has 20 heavy (non-hydrogen) atoms. The lowest BCUT2D eigenvalue weighted by Crippen LogP contribution is -2.35. The Hall–Kier alpha value is -1.79. The minimum atomic E-state index is -1.13. The lowest BCUT2D eigenvalue weighted by molar-refractivity contribution is -0.137. The number of aliphatic carboxylic acids is 1. The van der Waals surface area contributed by atoms with E-state index in [0.717, 1.165) is 12.1 Å². The van der Waals surface area contributed by atoms with Gasteiger partial charge in [-0.2, -0.15) is 0 Å². The predicted octanol–water partition coefficient (Wildman–Crippen LogP) is 2.01. The molecule has 0 bridgehead atoms. The molecule has 1 rings (SSSR count). The van der Waals surface area contributed by atoms with Gasteiger partial charge in [-0.1, -0.05) is 12.1 Å². The molecule has 2 unspecified atom stereocenters. The van der Waals surface area contributed by atoms with Gasteiger partial charge in [0, 0.05) is 19.0 Å². The number of hydrogen-bond acceptors (Lipinski definition) is 3. The highest BCUT2D eigenvalue weighted by molar-refractivity contribution is 5.66. The Morgan fingerprint density at radius 1 is 1.40 bits per heavy atom. The second-order valence-corrected chi connectivity index (χ2v) is 4.35. The molecule has 4 nitrogen and oxygen atoms in total. The van der Waals surface area contributed by atoms with Crippen LogP contribution in [0.2, 0.25) is 0 Å². The van der Waals surface area contributed by atoms with E-state index in [1.165, 1.54) is 6.07 Å². The van der Waals surface area contributed by atoms with Crippen molar-refractivity contribution >= 4 is 5.97 Å². The molecule has 0 heterocycles.